The number of nitrogens with zero attached hydrogens (tertiary/aromatic N) is 3. The number of nitro groups is 1. The molecule has 2 aliphatic heterocycles. The molecule has 0 unspecified atom stereocenters. The fraction of sp³-hybridized carbons (Fsp3) is 0.167. The Hall–Kier alpha value is -4.68. The molecule has 6 rings (SSSR count). The standard InChI is InChI=1S/C30H23N3O7S2/c1-3-38-29(35)25-26(17-7-5-4-6-8-17)31-30-32(27(25)18-9-11-20(41-2)12-10-18)28(34)24(42-30)14-19-13-22-23(40-16-39-22)15-21(19)33(36)37/h4-15,27H,3,16H2,1-2H3/b24-14-/t27-/m0/s1. The molecule has 0 fully saturated rings. The molecule has 42 heavy (non-hydrogen) atoms. The highest BCUT2D eigenvalue weighted by Crippen LogP contribution is 2.39. The number of rotatable bonds is 7. The summed E-state index contributed by atoms with van der Waals surface area (Å²) in [5, 5.41) is 11.9. The van der Waals surface area contributed by atoms with Crippen molar-refractivity contribution in [1.82, 2.24) is 4.57 Å². The fourth-order valence-electron chi connectivity index (χ4n) is 4.90. The molecule has 0 spiro atoms. The molecule has 0 N–H and O–H groups in total. The van der Waals surface area contributed by atoms with E-state index in [-0.39, 0.29) is 40.5 Å². The van der Waals surface area contributed by atoms with Crippen LogP contribution in [-0.2, 0) is 9.53 Å². The second-order valence-corrected chi connectivity index (χ2v) is 11.1. The van der Waals surface area contributed by atoms with Crippen LogP contribution in [0.15, 0.2) is 87.0 Å². The van der Waals surface area contributed by atoms with E-state index in [0.29, 0.717) is 27.4 Å². The van der Waals surface area contributed by atoms with Crippen LogP contribution < -0.4 is 24.4 Å². The number of thiazole rings is 1. The summed E-state index contributed by atoms with van der Waals surface area (Å²) in [6.45, 7) is 1.81. The quantitative estimate of drug-likeness (QED) is 0.133. The Kier molecular flexibility index (Phi) is 7.40. The first-order valence-electron chi connectivity index (χ1n) is 12.9. The highest BCUT2D eigenvalue weighted by Gasteiger charge is 2.35. The summed E-state index contributed by atoms with van der Waals surface area (Å²) in [5.41, 5.74) is 1.52. The average molecular weight is 602 g/mol. The number of carbonyl (C=O) groups is 1. The third-order valence-corrected chi connectivity index (χ3v) is 8.54. The lowest BCUT2D eigenvalue weighted by atomic mass is 9.93. The van der Waals surface area contributed by atoms with Gasteiger partial charge in [-0.2, -0.15) is 0 Å². The summed E-state index contributed by atoms with van der Waals surface area (Å²) in [4.78, 5) is 45.2. The summed E-state index contributed by atoms with van der Waals surface area (Å²) < 4.78 is 17.9. The number of hydrogen-bond donors (Lipinski definition) is 0. The fourth-order valence-corrected chi connectivity index (χ4v) is 6.30. The van der Waals surface area contributed by atoms with Crippen molar-refractivity contribution in [3.63, 3.8) is 0 Å². The van der Waals surface area contributed by atoms with Crippen LogP contribution >= 0.6 is 23.1 Å². The lowest BCUT2D eigenvalue weighted by molar-refractivity contribution is -0.385. The van der Waals surface area contributed by atoms with E-state index >= 15 is 0 Å². The number of aromatic nitrogens is 1. The van der Waals surface area contributed by atoms with Gasteiger partial charge in [0.15, 0.2) is 16.3 Å². The largest absolute Gasteiger partial charge is 0.463 e. The molecule has 212 valence electrons. The Morgan fingerprint density at radius 2 is 1.88 bits per heavy atom. The van der Waals surface area contributed by atoms with Gasteiger partial charge in [-0.3, -0.25) is 19.5 Å². The molecule has 12 heteroatoms. The van der Waals surface area contributed by atoms with Gasteiger partial charge in [0, 0.05) is 10.5 Å². The predicted molar refractivity (Wildman–Crippen MR) is 159 cm³/mol. The lowest BCUT2D eigenvalue weighted by Crippen LogP contribution is -2.40. The van der Waals surface area contributed by atoms with Crippen molar-refractivity contribution in [3.05, 3.63) is 119 Å². The first-order chi connectivity index (χ1) is 20.4. The molecule has 0 saturated heterocycles. The van der Waals surface area contributed by atoms with E-state index in [9.17, 15) is 19.7 Å². The SMILES string of the molecule is CCOC(=O)C1=C(c2ccccc2)N=c2s/c(=C\c3cc4c(cc3[N+](=O)[O-])OCO4)c(=O)n2[C@H]1c1ccc(SC)cc1. The lowest BCUT2D eigenvalue weighted by Gasteiger charge is -2.26. The second kappa shape index (κ2) is 11.3. The van der Waals surface area contributed by atoms with E-state index in [2.05, 4.69) is 0 Å². The molecule has 0 saturated carbocycles. The minimum absolute atomic E-state index is 0.0493. The van der Waals surface area contributed by atoms with E-state index in [1.54, 1.807) is 18.7 Å². The van der Waals surface area contributed by atoms with Gasteiger partial charge in [0.1, 0.15) is 0 Å². The summed E-state index contributed by atoms with van der Waals surface area (Å²) in [5.74, 6) is 0.0302. The molecule has 1 aromatic heterocycles. The third kappa shape index (κ3) is 4.88. The van der Waals surface area contributed by atoms with Gasteiger partial charge in [-0.1, -0.05) is 53.8 Å². The van der Waals surface area contributed by atoms with E-state index < -0.39 is 22.5 Å². The minimum atomic E-state index is -0.847. The van der Waals surface area contributed by atoms with Crippen LogP contribution in [0, 0.1) is 10.1 Å². The zero-order valence-corrected chi connectivity index (χ0v) is 24.1. The topological polar surface area (TPSA) is 122 Å². The predicted octanol–water partition coefficient (Wildman–Crippen LogP) is 4.29. The summed E-state index contributed by atoms with van der Waals surface area (Å²) in [6, 6.07) is 18.8. The Morgan fingerprint density at radius 1 is 1.17 bits per heavy atom. The van der Waals surface area contributed by atoms with Gasteiger partial charge in [-0.15, -0.1) is 11.8 Å². The molecule has 0 amide bonds. The maximum Gasteiger partial charge on any atom is 0.338 e. The van der Waals surface area contributed by atoms with Crippen molar-refractivity contribution < 1.29 is 23.9 Å². The van der Waals surface area contributed by atoms with E-state index in [1.165, 1.54) is 22.8 Å². The molecular formula is C30H23N3O7S2. The van der Waals surface area contributed by atoms with Crippen LogP contribution in [0.4, 0.5) is 5.69 Å². The van der Waals surface area contributed by atoms with Crippen LogP contribution in [0.5, 0.6) is 11.5 Å². The van der Waals surface area contributed by atoms with Crippen molar-refractivity contribution in [2.45, 2.75) is 17.9 Å². The number of esters is 1. The van der Waals surface area contributed by atoms with Crippen LogP contribution in [0.3, 0.4) is 0 Å². The maximum absolute atomic E-state index is 14.1. The number of thioether (sulfide) groups is 1. The maximum atomic E-state index is 14.1. The summed E-state index contributed by atoms with van der Waals surface area (Å²) in [6.07, 6.45) is 3.42. The molecule has 4 aromatic rings. The molecule has 1 atom stereocenters. The average Bonchev–Trinajstić information content (AvgIpc) is 3.59. The first kappa shape index (κ1) is 27.5. The highest BCUT2D eigenvalue weighted by atomic mass is 32.2. The Balaban J connectivity index is 1.63. The zero-order chi connectivity index (χ0) is 29.4. The van der Waals surface area contributed by atoms with Gasteiger partial charge in [-0.05, 0) is 43.0 Å². The van der Waals surface area contributed by atoms with Gasteiger partial charge < -0.3 is 14.2 Å². The molecule has 2 aliphatic rings. The number of carbonyl (C=O) groups excluding carboxylic acids is 1. The van der Waals surface area contributed by atoms with Crippen LogP contribution in [-0.4, -0.2) is 35.1 Å². The molecule has 10 nitrogen and oxygen atoms in total. The summed E-state index contributed by atoms with van der Waals surface area (Å²) in [7, 11) is 0. The minimum Gasteiger partial charge on any atom is -0.463 e. The van der Waals surface area contributed by atoms with E-state index in [0.717, 1.165) is 16.2 Å². The Bertz CT molecular complexity index is 1930. The molecule has 0 bridgehead atoms. The van der Waals surface area contributed by atoms with Crippen molar-refractivity contribution in [1.29, 1.82) is 0 Å². The van der Waals surface area contributed by atoms with Gasteiger partial charge >= 0.3 is 5.97 Å². The normalized spacial score (nSPS) is 15.8. The third-order valence-electron chi connectivity index (χ3n) is 6.81. The summed E-state index contributed by atoms with van der Waals surface area (Å²) >= 11 is 2.66. The molecule has 0 aliphatic carbocycles. The highest BCUT2D eigenvalue weighted by molar-refractivity contribution is 7.98. The number of fused-ring (bicyclic) bond motifs is 2. The number of benzene rings is 3. The van der Waals surface area contributed by atoms with Crippen LogP contribution in [0.1, 0.15) is 29.7 Å². The van der Waals surface area contributed by atoms with Crippen molar-refractivity contribution in [2.24, 2.45) is 4.99 Å². The Labute approximate surface area is 247 Å². The van der Waals surface area contributed by atoms with Gasteiger partial charge in [-0.25, -0.2) is 9.79 Å². The van der Waals surface area contributed by atoms with Crippen molar-refractivity contribution in [3.8, 4) is 11.5 Å². The monoisotopic (exact) mass is 601 g/mol. The molecule has 0 radical (unpaired) electrons. The number of hydrogen-bond acceptors (Lipinski definition) is 10. The molecule has 3 heterocycles. The van der Waals surface area contributed by atoms with Gasteiger partial charge in [0.2, 0.25) is 6.79 Å². The van der Waals surface area contributed by atoms with E-state index in [4.69, 9.17) is 19.2 Å². The van der Waals surface area contributed by atoms with E-state index in [1.807, 2.05) is 60.9 Å². The van der Waals surface area contributed by atoms with Crippen molar-refractivity contribution in [2.75, 3.05) is 19.7 Å². The number of nitro benzene ring substituents is 1. The van der Waals surface area contributed by atoms with Crippen LogP contribution in [0.25, 0.3) is 11.8 Å². The molecule has 3 aromatic carbocycles. The molecular weight excluding hydrogens is 578 g/mol. The van der Waals surface area contributed by atoms with Crippen LogP contribution in [0.2, 0.25) is 0 Å². The Morgan fingerprint density at radius 3 is 2.55 bits per heavy atom. The second-order valence-electron chi connectivity index (χ2n) is 9.23. The van der Waals surface area contributed by atoms with Crippen molar-refractivity contribution >= 4 is 46.5 Å². The van der Waals surface area contributed by atoms with Gasteiger partial charge in [0.05, 0.1) is 45.0 Å². The zero-order valence-electron chi connectivity index (χ0n) is 22.4. The van der Waals surface area contributed by atoms with Gasteiger partial charge in [0.25, 0.3) is 11.2 Å². The first-order valence-corrected chi connectivity index (χ1v) is 14.9. The smallest absolute Gasteiger partial charge is 0.338 e. The number of ether oxygens (including phenoxy) is 3.